The number of hydrogen-bond donors (Lipinski definition) is 2. The van der Waals surface area contributed by atoms with Crippen LogP contribution in [0.2, 0.25) is 0 Å². The number of carbonyl (C=O) groups is 4. The number of aromatic nitrogens is 2. The van der Waals surface area contributed by atoms with Crippen LogP contribution in [0.4, 0.5) is 50.3 Å². The van der Waals surface area contributed by atoms with Crippen molar-refractivity contribution in [1.29, 1.82) is 0 Å². The van der Waals surface area contributed by atoms with Crippen LogP contribution in [0, 0.1) is 0 Å². The fourth-order valence-corrected chi connectivity index (χ4v) is 17.5. The Hall–Kier alpha value is -14.0. The molecule has 572 valence electrons. The zero-order valence-electron chi connectivity index (χ0n) is 62.2. The van der Waals surface area contributed by atoms with Gasteiger partial charge in [0, 0.05) is 7.05 Å². The summed E-state index contributed by atoms with van der Waals surface area (Å²) in [7, 11) is 1.76. The Kier molecular flexibility index (Phi) is 23.7. The number of amidine groups is 3. The first-order valence-electron chi connectivity index (χ1n) is 36.8. The fourth-order valence-electron chi connectivity index (χ4n) is 12.5. The molecule has 19 nitrogen and oxygen atoms in total. The van der Waals surface area contributed by atoms with Gasteiger partial charge in [-0.15, -0.1) is 0 Å². The maximum absolute atomic E-state index is 13.3. The molecule has 0 unspecified atom stereocenters. The molecular formula is C93H67N11O8S5. The van der Waals surface area contributed by atoms with E-state index in [-0.39, 0.29) is 34.5 Å². The molecule has 24 heteroatoms. The average molecular weight is 1630 g/mol. The Morgan fingerprint density at radius 3 is 1.27 bits per heavy atom. The van der Waals surface area contributed by atoms with Crippen LogP contribution in [0.15, 0.2) is 372 Å². The number of urea groups is 1. The highest BCUT2D eigenvalue weighted by atomic mass is 32.2. The molecule has 0 aliphatic carbocycles. The zero-order chi connectivity index (χ0) is 80.0. The number of rotatable bonds is 12. The number of carbonyl (C=O) groups excluding carboxylic acids is 4. The molecule has 0 spiro atoms. The number of thiazole rings is 2. The minimum atomic E-state index is -0.369. The first kappa shape index (κ1) is 77.0. The van der Waals surface area contributed by atoms with Gasteiger partial charge < -0.3 is 24.5 Å². The molecule has 0 radical (unpaired) electrons. The third kappa shape index (κ3) is 18.3. The van der Waals surface area contributed by atoms with E-state index in [9.17, 15) is 29.1 Å². The largest absolute Gasteiger partial charge is 0.493 e. The standard InChI is InChI=1S/C24H17N3O2S2.C24H18N2O3S.C23H16N4O2S.C22H16N2OS/c1-26-19-13-12-16(14-20(19)31-24(26)29)15-21-22(28)27(18-10-6-3-7-11-18)23(30-21)25-17-8-4-2-5-9-17;27-23-22(16-17-11-12-20-21(15-17)29-14-13-28-20)30-24(25-18-7-3-1-4-8-18)26(23)19-9-5-2-6-10-19;28-21-20(14-15-11-12-18-19(13-15)26-22(29)25-18)30-23(24-16-7-3-1-4-8-16)27(21)17-9-5-2-6-10-17;25-21-20(16-17-10-4-1-5-11-17)26-22(23-18-12-6-2-7-13-18)24(21)19-14-8-3-9-15-19/h2-15H,1H3;1-12,15-16H,13-14H2;1-14,28H,(H,26,29);1-16H/b21-15-,25-23?;22-16-,25-24?;;20-16-,23-22?. The highest BCUT2D eigenvalue weighted by Gasteiger charge is 2.38. The van der Waals surface area contributed by atoms with E-state index in [2.05, 4.69) is 10.3 Å². The highest BCUT2D eigenvalue weighted by molar-refractivity contribution is 8.20. The molecule has 19 rings (SSSR count). The van der Waals surface area contributed by atoms with Crippen LogP contribution in [-0.4, -0.2) is 66.7 Å². The van der Waals surface area contributed by atoms with Gasteiger partial charge in [-0.3, -0.25) is 38.4 Å². The predicted molar refractivity (Wildman–Crippen MR) is 477 cm³/mol. The molecule has 3 fully saturated rings. The van der Waals surface area contributed by atoms with E-state index in [1.807, 2.05) is 346 Å². The summed E-state index contributed by atoms with van der Waals surface area (Å²) in [6.07, 6.45) is 7.51. The van der Waals surface area contributed by atoms with Crippen molar-refractivity contribution < 1.29 is 33.8 Å². The van der Waals surface area contributed by atoms with E-state index in [4.69, 9.17) is 29.4 Å². The second kappa shape index (κ2) is 36.0. The maximum Gasteiger partial charge on any atom is 0.346 e. The van der Waals surface area contributed by atoms with Crippen molar-refractivity contribution in [2.24, 2.45) is 32.0 Å². The topological polar surface area (TPSA) is 217 Å². The normalized spacial score (nSPS) is 16.5. The van der Waals surface area contributed by atoms with Crippen molar-refractivity contribution in [1.82, 2.24) is 9.13 Å². The smallest absolute Gasteiger partial charge is 0.346 e. The summed E-state index contributed by atoms with van der Waals surface area (Å²) in [6.45, 7) is 1.07. The monoisotopic (exact) mass is 1630 g/mol. The molecule has 2 aromatic heterocycles. The minimum Gasteiger partial charge on any atom is -0.493 e. The second-order valence-electron chi connectivity index (χ2n) is 26.1. The van der Waals surface area contributed by atoms with Gasteiger partial charge in [-0.1, -0.05) is 217 Å². The van der Waals surface area contributed by atoms with E-state index in [1.54, 1.807) is 36.9 Å². The molecule has 0 atom stereocenters. The summed E-state index contributed by atoms with van der Waals surface area (Å²) in [5.74, 6) is 1.26. The summed E-state index contributed by atoms with van der Waals surface area (Å²) >= 11 is 6.70. The number of nitrogens with zero attached hydrogens (tertiary/aromatic N) is 10. The summed E-state index contributed by atoms with van der Waals surface area (Å²) in [5, 5.41) is 17.1. The number of aromatic hydroxyl groups is 1. The molecule has 5 amide bonds. The highest BCUT2D eigenvalue weighted by Crippen LogP contribution is 2.42. The number of benzene rings is 12. The quantitative estimate of drug-likeness (QED) is 0.110. The molecule has 5 aliphatic heterocycles. The number of aliphatic imine (C=N–C) groups is 3. The maximum atomic E-state index is 13.3. The lowest BCUT2D eigenvalue weighted by atomic mass is 10.1. The van der Waals surface area contributed by atoms with Crippen LogP contribution in [0.25, 0.3) is 40.2 Å². The lowest BCUT2D eigenvalue weighted by Crippen LogP contribution is -2.28. The average Bonchev–Trinajstić information content (AvgIpc) is 1.67. The second-order valence-corrected chi connectivity index (χ2v) is 31.1. The summed E-state index contributed by atoms with van der Waals surface area (Å²) in [4.78, 5) is 94.0. The van der Waals surface area contributed by atoms with Gasteiger partial charge in [-0.25, -0.2) is 24.8 Å². The Morgan fingerprint density at radius 1 is 0.402 bits per heavy atom. The number of hydrogen-bond acceptors (Lipinski definition) is 17. The third-order valence-electron chi connectivity index (χ3n) is 18.1. The Bertz CT molecular complexity index is 6530. The van der Waals surface area contributed by atoms with E-state index < -0.39 is 0 Å². The molecule has 117 heavy (non-hydrogen) atoms. The summed E-state index contributed by atoms with van der Waals surface area (Å²) in [5.41, 5.74) is 10.7. The first-order valence-corrected chi connectivity index (χ1v) is 40.9. The molecule has 12 aromatic carbocycles. The van der Waals surface area contributed by atoms with Crippen LogP contribution < -0.4 is 49.7 Å². The number of anilines is 4. The van der Waals surface area contributed by atoms with E-state index in [1.165, 1.54) is 58.0 Å². The SMILES string of the molecule is Cn1c(=O)sc2cc(/C=C3\SC(=Nc4ccccc4)N(c4ccccc4)C3=O)ccc21.O=C1/C(=C/c2ccc3c(c2)OCCO3)SC(=Nc2ccccc2)N1c1ccccc1.O=C1/C(=C/c2ccccc2)SC(=Nc2ccccc2)N1c1ccccc1.O=C1N=c2ccc(=Cc3sc(=Nc4ccccc4)n(-c4ccccc4)c3O)cc2N1. The van der Waals surface area contributed by atoms with Gasteiger partial charge in [0.25, 0.3) is 17.7 Å². The number of aryl methyl sites for hydroxylation is 1. The molecule has 2 N–H and O–H groups in total. The van der Waals surface area contributed by atoms with Crippen molar-refractivity contribution in [3.63, 3.8) is 0 Å². The number of amides is 5. The first-order chi connectivity index (χ1) is 57.4. The van der Waals surface area contributed by atoms with E-state index in [0.717, 1.165) is 83.4 Å². The van der Waals surface area contributed by atoms with Crippen LogP contribution in [0.1, 0.15) is 21.6 Å². The summed E-state index contributed by atoms with van der Waals surface area (Å²) in [6, 6.07) is 103. The van der Waals surface area contributed by atoms with Crippen LogP contribution in [0.3, 0.4) is 0 Å². The molecule has 3 saturated heterocycles. The van der Waals surface area contributed by atoms with E-state index in [0.29, 0.717) is 69.9 Å². The molecule has 0 saturated carbocycles. The fraction of sp³-hybridized carbons (Fsp3) is 0.0323. The molecule has 0 bridgehead atoms. The number of para-hydroxylation sites is 8. The predicted octanol–water partition coefficient (Wildman–Crippen LogP) is 19.6. The van der Waals surface area contributed by atoms with Crippen molar-refractivity contribution in [2.45, 2.75) is 0 Å². The zero-order valence-corrected chi connectivity index (χ0v) is 66.3. The summed E-state index contributed by atoms with van der Waals surface area (Å²) < 4.78 is 15.5. The van der Waals surface area contributed by atoms with Gasteiger partial charge in [0.15, 0.2) is 31.8 Å². The molecule has 14 aromatic rings. The van der Waals surface area contributed by atoms with Crippen molar-refractivity contribution in [2.75, 3.05) is 33.2 Å². The minimum absolute atomic E-state index is 0.00125. The van der Waals surface area contributed by atoms with Crippen LogP contribution in [0.5, 0.6) is 17.4 Å². The van der Waals surface area contributed by atoms with Gasteiger partial charge in [0.2, 0.25) is 5.88 Å². The lowest BCUT2D eigenvalue weighted by molar-refractivity contribution is -0.114. The van der Waals surface area contributed by atoms with Gasteiger partial charge in [0.05, 0.1) is 86.4 Å². The Labute approximate surface area is 692 Å². The van der Waals surface area contributed by atoms with Crippen molar-refractivity contribution in [3.8, 4) is 23.1 Å². The Balaban J connectivity index is 0.000000117. The molecule has 5 aliphatic rings. The number of fused-ring (bicyclic) bond motifs is 3. The van der Waals surface area contributed by atoms with Crippen LogP contribution >= 0.6 is 58.0 Å². The van der Waals surface area contributed by atoms with Crippen molar-refractivity contribution in [3.05, 3.63) is 389 Å². The number of ether oxygens (including phenoxy) is 2. The lowest BCUT2D eigenvalue weighted by Gasteiger charge is -2.18. The molecular weight excluding hydrogens is 1560 g/mol. The number of thioether (sulfide) groups is 3. The van der Waals surface area contributed by atoms with Crippen molar-refractivity contribution >= 4 is 177 Å². The van der Waals surface area contributed by atoms with E-state index >= 15 is 0 Å². The third-order valence-corrected chi connectivity index (χ3v) is 23.0. The van der Waals surface area contributed by atoms with Gasteiger partial charge in [0.1, 0.15) is 13.2 Å². The van der Waals surface area contributed by atoms with Gasteiger partial charge in [-0.2, -0.15) is 4.99 Å². The Morgan fingerprint density at radius 2 is 0.803 bits per heavy atom. The van der Waals surface area contributed by atoms with Crippen LogP contribution in [-0.2, 0) is 21.4 Å². The number of nitrogens with one attached hydrogen (secondary N) is 1. The molecule has 7 heterocycles. The van der Waals surface area contributed by atoms with Gasteiger partial charge in [-0.05, 0) is 215 Å². The van der Waals surface area contributed by atoms with Gasteiger partial charge >= 0.3 is 10.9 Å².